The lowest BCUT2D eigenvalue weighted by Gasteiger charge is -2.32. The maximum atomic E-state index is 12.8. The van der Waals surface area contributed by atoms with Gasteiger partial charge >= 0.3 is 0 Å². The molecule has 0 atom stereocenters. The number of likely N-dealkylation sites (tertiary alicyclic amines) is 1. The van der Waals surface area contributed by atoms with Crippen LogP contribution in [0.5, 0.6) is 0 Å². The third-order valence-corrected chi connectivity index (χ3v) is 8.43. The van der Waals surface area contributed by atoms with Crippen molar-refractivity contribution in [3.05, 3.63) is 60.2 Å². The van der Waals surface area contributed by atoms with Crippen molar-refractivity contribution in [2.75, 3.05) is 57.8 Å². The highest BCUT2D eigenvalue weighted by Gasteiger charge is 2.26. The van der Waals surface area contributed by atoms with E-state index in [-0.39, 0.29) is 24.8 Å². The van der Waals surface area contributed by atoms with Gasteiger partial charge in [0.2, 0.25) is 10.0 Å². The van der Waals surface area contributed by atoms with Crippen molar-refractivity contribution in [2.45, 2.75) is 30.6 Å². The summed E-state index contributed by atoms with van der Waals surface area (Å²) in [6, 6.07) is 17.9. The summed E-state index contributed by atoms with van der Waals surface area (Å²) >= 11 is 0. The van der Waals surface area contributed by atoms with Crippen molar-refractivity contribution in [3.8, 4) is 0 Å². The molecule has 0 unspecified atom stereocenters. The van der Waals surface area contributed by atoms with E-state index in [1.54, 1.807) is 12.1 Å². The van der Waals surface area contributed by atoms with E-state index in [9.17, 15) is 8.42 Å². The molecule has 2 aliphatic heterocycles. The number of para-hydroxylation sites is 1. The van der Waals surface area contributed by atoms with Gasteiger partial charge in [0.15, 0.2) is 0 Å². The molecule has 2 aromatic rings. The van der Waals surface area contributed by atoms with Gasteiger partial charge in [-0.05, 0) is 81.1 Å². The SMILES string of the molecule is Cl.Cl.O=S(=O)(c1ccc(CC2CCN(CCCNc3ccccc3)CC2)cc1)N1CCOCC1. The van der Waals surface area contributed by atoms with E-state index in [0.29, 0.717) is 37.1 Å². The Balaban J connectivity index is 0.00000204. The second-order valence-electron chi connectivity index (χ2n) is 8.80. The number of benzene rings is 2. The van der Waals surface area contributed by atoms with Gasteiger partial charge in [0.05, 0.1) is 18.1 Å². The lowest BCUT2D eigenvalue weighted by Crippen LogP contribution is -2.40. The molecule has 4 rings (SSSR count). The maximum absolute atomic E-state index is 12.8. The van der Waals surface area contributed by atoms with E-state index >= 15 is 0 Å². The van der Waals surface area contributed by atoms with Crippen LogP contribution in [0.2, 0.25) is 0 Å². The van der Waals surface area contributed by atoms with Crippen molar-refractivity contribution in [3.63, 3.8) is 0 Å². The predicted octanol–water partition coefficient (Wildman–Crippen LogP) is 4.31. The summed E-state index contributed by atoms with van der Waals surface area (Å²) in [7, 11) is -3.41. The van der Waals surface area contributed by atoms with E-state index in [2.05, 4.69) is 34.5 Å². The number of nitrogens with one attached hydrogen (secondary N) is 1. The van der Waals surface area contributed by atoms with Gasteiger partial charge in [-0.1, -0.05) is 30.3 Å². The molecule has 2 saturated heterocycles. The topological polar surface area (TPSA) is 61.9 Å². The van der Waals surface area contributed by atoms with Crippen LogP contribution in [0.4, 0.5) is 5.69 Å². The smallest absolute Gasteiger partial charge is 0.243 e. The number of nitrogens with zero attached hydrogens (tertiary/aromatic N) is 2. The molecule has 1 N–H and O–H groups in total. The predicted molar refractivity (Wildman–Crippen MR) is 143 cm³/mol. The zero-order chi connectivity index (χ0) is 22.2. The minimum atomic E-state index is -3.41. The van der Waals surface area contributed by atoms with Crippen molar-refractivity contribution in [1.29, 1.82) is 0 Å². The number of anilines is 1. The third-order valence-electron chi connectivity index (χ3n) is 6.52. The molecule has 190 valence electrons. The summed E-state index contributed by atoms with van der Waals surface area (Å²) in [5.74, 6) is 0.676. The molecule has 2 fully saturated rings. The van der Waals surface area contributed by atoms with Crippen LogP contribution in [0.1, 0.15) is 24.8 Å². The van der Waals surface area contributed by atoms with Crippen molar-refractivity contribution in [1.82, 2.24) is 9.21 Å². The molecule has 0 amide bonds. The van der Waals surface area contributed by atoms with E-state index in [4.69, 9.17) is 4.74 Å². The monoisotopic (exact) mass is 529 g/mol. The molecule has 0 spiro atoms. The minimum Gasteiger partial charge on any atom is -0.385 e. The first-order valence-electron chi connectivity index (χ1n) is 11.8. The number of morpholine rings is 1. The van der Waals surface area contributed by atoms with Crippen molar-refractivity contribution >= 4 is 40.5 Å². The van der Waals surface area contributed by atoms with Gasteiger partial charge in [-0.15, -0.1) is 24.8 Å². The van der Waals surface area contributed by atoms with Crippen LogP contribution in [-0.2, 0) is 21.2 Å². The fourth-order valence-electron chi connectivity index (χ4n) is 4.57. The molecule has 0 saturated carbocycles. The van der Waals surface area contributed by atoms with Gasteiger partial charge in [-0.25, -0.2) is 8.42 Å². The normalized spacial score (nSPS) is 18.0. The molecule has 0 bridgehead atoms. The number of hydrogen-bond acceptors (Lipinski definition) is 5. The lowest BCUT2D eigenvalue weighted by atomic mass is 9.90. The highest BCUT2D eigenvalue weighted by atomic mass is 35.5. The molecule has 0 radical (unpaired) electrons. The van der Waals surface area contributed by atoms with Crippen molar-refractivity contribution < 1.29 is 13.2 Å². The minimum absolute atomic E-state index is 0. The standard InChI is InChI=1S/C25H35N3O3S.2ClH/c29-32(30,28-17-19-31-20-18-28)25-9-7-22(8-10-25)21-23-11-15-27(16-12-23)14-4-13-26-24-5-2-1-3-6-24;;/h1-3,5-10,23,26H,4,11-21H2;2*1H. The van der Waals surface area contributed by atoms with Crippen LogP contribution in [-0.4, -0.2) is 70.1 Å². The number of hydrogen-bond donors (Lipinski definition) is 1. The average molecular weight is 531 g/mol. The number of piperidine rings is 1. The average Bonchev–Trinajstić information content (AvgIpc) is 2.84. The van der Waals surface area contributed by atoms with E-state index in [1.807, 2.05) is 18.2 Å². The Labute approximate surface area is 216 Å². The second-order valence-corrected chi connectivity index (χ2v) is 10.7. The van der Waals surface area contributed by atoms with Crippen LogP contribution >= 0.6 is 24.8 Å². The zero-order valence-electron chi connectivity index (χ0n) is 19.6. The largest absolute Gasteiger partial charge is 0.385 e. The van der Waals surface area contributed by atoms with E-state index in [0.717, 1.165) is 39.0 Å². The molecule has 2 heterocycles. The van der Waals surface area contributed by atoms with Crippen molar-refractivity contribution in [2.24, 2.45) is 5.92 Å². The molecule has 6 nitrogen and oxygen atoms in total. The summed E-state index contributed by atoms with van der Waals surface area (Å²) in [6.07, 6.45) is 4.60. The molecule has 2 aromatic carbocycles. The molecular weight excluding hydrogens is 493 g/mol. The molecule has 0 aromatic heterocycles. The highest BCUT2D eigenvalue weighted by molar-refractivity contribution is 7.89. The first kappa shape index (κ1) is 28.9. The Kier molecular flexibility index (Phi) is 12.1. The number of rotatable bonds is 9. The Bertz CT molecular complexity index is 932. The summed E-state index contributed by atoms with van der Waals surface area (Å²) < 4.78 is 32.3. The molecule has 2 aliphatic rings. The van der Waals surface area contributed by atoms with Crippen LogP contribution < -0.4 is 5.32 Å². The number of sulfonamides is 1. The first-order valence-corrected chi connectivity index (χ1v) is 13.2. The quantitative estimate of drug-likeness (QED) is 0.490. The zero-order valence-corrected chi connectivity index (χ0v) is 22.1. The summed E-state index contributed by atoms with van der Waals surface area (Å²) in [5, 5.41) is 3.48. The van der Waals surface area contributed by atoms with Crippen LogP contribution in [0.3, 0.4) is 0 Å². The van der Waals surface area contributed by atoms with Gasteiger partial charge < -0.3 is 15.0 Å². The summed E-state index contributed by atoms with van der Waals surface area (Å²) in [6.45, 7) is 6.26. The molecule has 9 heteroatoms. The Morgan fingerprint density at radius 3 is 2.18 bits per heavy atom. The van der Waals surface area contributed by atoms with E-state index < -0.39 is 10.0 Å². The van der Waals surface area contributed by atoms with E-state index in [1.165, 1.54) is 28.4 Å². The Morgan fingerprint density at radius 2 is 1.53 bits per heavy atom. The maximum Gasteiger partial charge on any atom is 0.243 e. The highest BCUT2D eigenvalue weighted by Crippen LogP contribution is 2.24. The summed E-state index contributed by atoms with van der Waals surface area (Å²) in [5.41, 5.74) is 2.42. The molecule has 0 aliphatic carbocycles. The fraction of sp³-hybridized carbons (Fsp3) is 0.520. The second kappa shape index (κ2) is 14.3. The molecule has 34 heavy (non-hydrogen) atoms. The Hall–Kier alpha value is -1.35. The Morgan fingerprint density at radius 1 is 0.882 bits per heavy atom. The van der Waals surface area contributed by atoms with Crippen LogP contribution in [0, 0.1) is 5.92 Å². The fourth-order valence-corrected chi connectivity index (χ4v) is 5.98. The van der Waals surface area contributed by atoms with Crippen LogP contribution in [0.15, 0.2) is 59.5 Å². The van der Waals surface area contributed by atoms with Crippen LogP contribution in [0.25, 0.3) is 0 Å². The number of ether oxygens (including phenoxy) is 1. The molecular formula is C25H37Cl2N3O3S. The third kappa shape index (κ3) is 8.11. The van der Waals surface area contributed by atoms with Gasteiger partial charge in [-0.2, -0.15) is 4.31 Å². The lowest BCUT2D eigenvalue weighted by molar-refractivity contribution is 0.0730. The number of halogens is 2. The van der Waals surface area contributed by atoms with Gasteiger partial charge in [0.1, 0.15) is 0 Å². The van der Waals surface area contributed by atoms with Gasteiger partial charge in [-0.3, -0.25) is 0 Å². The van der Waals surface area contributed by atoms with Gasteiger partial charge in [0.25, 0.3) is 0 Å². The summed E-state index contributed by atoms with van der Waals surface area (Å²) in [4.78, 5) is 2.96. The van der Waals surface area contributed by atoms with Gasteiger partial charge in [0, 0.05) is 25.3 Å². The first-order chi connectivity index (χ1) is 15.6.